The largest absolute Gasteiger partial charge is 0.435 e. The molecule has 17 heteroatoms. The van der Waals surface area contributed by atoms with Crippen LogP contribution in [0, 0.1) is 47.3 Å². The van der Waals surface area contributed by atoms with Crippen molar-refractivity contribution in [3.8, 4) is 0 Å². The topological polar surface area (TPSA) is 202 Å². The van der Waals surface area contributed by atoms with Crippen LogP contribution in [-0.4, -0.2) is 90.1 Å². The fourth-order valence-electron chi connectivity index (χ4n) is 12.3. The van der Waals surface area contributed by atoms with Crippen molar-refractivity contribution in [3.63, 3.8) is 0 Å². The number of hydrogen-bond donors (Lipinski definition) is 2. The summed E-state index contributed by atoms with van der Waals surface area (Å²) >= 11 is 0. The number of carbonyl (C=O) groups excluding carboxylic acids is 5. The third kappa shape index (κ3) is 8.58. The summed E-state index contributed by atoms with van der Waals surface area (Å²) in [6.07, 6.45) is 4.66. The molecule has 0 aromatic rings. The number of Topliss-reactive ketones (excluding diaryl/α,β-unsaturated/α-hetero) is 1. The van der Waals surface area contributed by atoms with E-state index in [0.717, 1.165) is 38.5 Å². The SMILES string of the molecule is CC(=O)C(CCCCNC(=O)CCC(=O)O[C@@H]1O[C@@H]2O[C@@]3(C)CC[C@H]4[C@H](C)CC[C@@H]([C@H]1C)[C@@]24OO3)NC(=O)CCC(=O)O[C@@H]1O[C@@H]2O[C@@]3(C)CC[C@H]4[C@H](C)CC[C@@H]([C@H]1C)[C@@]24OO3. The molecule has 1 unspecified atom stereocenters. The lowest BCUT2D eigenvalue weighted by atomic mass is 9.58. The molecule has 17 nitrogen and oxygen atoms in total. The summed E-state index contributed by atoms with van der Waals surface area (Å²) in [6, 6.07) is -0.738. The van der Waals surface area contributed by atoms with Gasteiger partial charge in [0.1, 0.15) is 0 Å². The van der Waals surface area contributed by atoms with Gasteiger partial charge in [-0.05, 0) is 102 Å². The van der Waals surface area contributed by atoms with E-state index >= 15 is 0 Å². The molecule has 2 spiro atoms. The Morgan fingerprint density at radius 2 is 1.10 bits per heavy atom. The maximum absolute atomic E-state index is 13.0. The summed E-state index contributed by atoms with van der Waals surface area (Å²) in [4.78, 5) is 88.0. The second-order valence-corrected chi connectivity index (χ2v) is 20.1. The molecule has 10 rings (SSSR count). The highest BCUT2D eigenvalue weighted by Gasteiger charge is 2.71. The minimum absolute atomic E-state index is 0.00742. The van der Waals surface area contributed by atoms with E-state index in [1.165, 1.54) is 6.92 Å². The van der Waals surface area contributed by atoms with Gasteiger partial charge in [0.05, 0.1) is 18.9 Å². The summed E-state index contributed by atoms with van der Waals surface area (Å²) in [5.74, 6) is -3.12. The van der Waals surface area contributed by atoms with Crippen molar-refractivity contribution < 1.29 is 71.9 Å². The Balaban J connectivity index is 0.722. The number of fused-ring (bicyclic) bond motifs is 4. The molecular formula is C45H68N2O15. The average Bonchev–Trinajstić information content (AvgIpc) is 3.60. The van der Waals surface area contributed by atoms with Crippen molar-refractivity contribution in [2.45, 2.75) is 199 Å². The number of hydrogen-bond acceptors (Lipinski definition) is 15. The van der Waals surface area contributed by atoms with Crippen molar-refractivity contribution in [1.29, 1.82) is 0 Å². The number of rotatable bonds is 15. The Morgan fingerprint density at radius 1 is 0.613 bits per heavy atom. The zero-order chi connectivity index (χ0) is 44.2. The van der Waals surface area contributed by atoms with Gasteiger partial charge in [0.2, 0.25) is 36.0 Å². The summed E-state index contributed by atoms with van der Waals surface area (Å²) in [7, 11) is 0. The molecule has 0 aromatic carbocycles. The van der Waals surface area contributed by atoms with Crippen molar-refractivity contribution >= 4 is 29.5 Å². The first-order valence-corrected chi connectivity index (χ1v) is 23.3. The van der Waals surface area contributed by atoms with Crippen LogP contribution in [0.5, 0.6) is 0 Å². The van der Waals surface area contributed by atoms with E-state index in [0.29, 0.717) is 50.5 Å². The molecule has 0 radical (unpaired) electrons. The van der Waals surface area contributed by atoms with Crippen LogP contribution in [0.1, 0.15) is 145 Å². The van der Waals surface area contributed by atoms with E-state index in [1.54, 1.807) is 0 Å². The maximum Gasteiger partial charge on any atom is 0.308 e. The van der Waals surface area contributed by atoms with Crippen LogP contribution < -0.4 is 10.6 Å². The summed E-state index contributed by atoms with van der Waals surface area (Å²) < 4.78 is 37.0. The lowest BCUT2D eigenvalue weighted by Crippen LogP contribution is -2.70. The molecule has 17 atom stereocenters. The maximum atomic E-state index is 13.0. The highest BCUT2D eigenvalue weighted by molar-refractivity contribution is 5.88. The highest BCUT2D eigenvalue weighted by atomic mass is 17.3. The predicted octanol–water partition coefficient (Wildman–Crippen LogP) is 5.41. The van der Waals surface area contributed by atoms with Crippen molar-refractivity contribution in [2.24, 2.45) is 47.3 Å². The fourth-order valence-corrected chi connectivity index (χ4v) is 12.3. The molecule has 2 amide bonds. The van der Waals surface area contributed by atoms with Gasteiger partial charge in [0, 0.05) is 55.9 Å². The van der Waals surface area contributed by atoms with E-state index in [-0.39, 0.29) is 72.9 Å². The molecule has 0 aromatic heterocycles. The number of unbranched alkanes of at least 4 members (excludes halogenated alkanes) is 1. The van der Waals surface area contributed by atoms with Gasteiger partial charge in [0.25, 0.3) is 0 Å². The molecule has 8 saturated heterocycles. The van der Waals surface area contributed by atoms with Gasteiger partial charge in [-0.3, -0.25) is 24.0 Å². The predicted molar refractivity (Wildman–Crippen MR) is 214 cm³/mol. The van der Waals surface area contributed by atoms with E-state index in [1.807, 2.05) is 27.7 Å². The highest BCUT2D eigenvalue weighted by Crippen LogP contribution is 2.62. The molecule has 8 heterocycles. The van der Waals surface area contributed by atoms with Crippen LogP contribution in [0.2, 0.25) is 0 Å². The third-order valence-corrected chi connectivity index (χ3v) is 15.9. The second kappa shape index (κ2) is 17.9. The molecule has 2 N–H and O–H groups in total. The lowest BCUT2D eigenvalue weighted by Gasteiger charge is -2.59. The van der Waals surface area contributed by atoms with Gasteiger partial charge in [-0.15, -0.1) is 0 Å². The van der Waals surface area contributed by atoms with E-state index in [4.69, 9.17) is 48.0 Å². The van der Waals surface area contributed by atoms with Gasteiger partial charge < -0.3 is 39.1 Å². The number of ether oxygens (including phenoxy) is 6. The monoisotopic (exact) mass is 876 g/mol. The van der Waals surface area contributed by atoms with Crippen molar-refractivity contribution in [3.05, 3.63) is 0 Å². The first-order valence-electron chi connectivity index (χ1n) is 23.3. The number of amides is 2. The smallest absolute Gasteiger partial charge is 0.308 e. The Morgan fingerprint density at radius 3 is 1.58 bits per heavy atom. The average molecular weight is 877 g/mol. The van der Waals surface area contributed by atoms with Crippen molar-refractivity contribution in [2.75, 3.05) is 6.54 Å². The van der Waals surface area contributed by atoms with Crippen LogP contribution in [0.15, 0.2) is 0 Å². The van der Waals surface area contributed by atoms with Crippen molar-refractivity contribution in [1.82, 2.24) is 10.6 Å². The van der Waals surface area contributed by atoms with E-state index in [2.05, 4.69) is 24.5 Å². The zero-order valence-electron chi connectivity index (χ0n) is 37.4. The second-order valence-electron chi connectivity index (χ2n) is 20.1. The summed E-state index contributed by atoms with van der Waals surface area (Å²) in [5.41, 5.74) is -1.53. The normalized spacial score (nSPS) is 44.4. The number of ketones is 1. The molecule has 8 aliphatic heterocycles. The van der Waals surface area contributed by atoms with Crippen LogP contribution in [-0.2, 0) is 71.9 Å². The first kappa shape index (κ1) is 45.8. The Bertz CT molecular complexity index is 1720. The van der Waals surface area contributed by atoms with Gasteiger partial charge in [-0.25, -0.2) is 19.6 Å². The first-order chi connectivity index (χ1) is 29.5. The van der Waals surface area contributed by atoms with Crippen LogP contribution in [0.3, 0.4) is 0 Å². The minimum Gasteiger partial charge on any atom is -0.435 e. The van der Waals surface area contributed by atoms with E-state index < -0.39 is 71.8 Å². The van der Waals surface area contributed by atoms with Crippen LogP contribution >= 0.6 is 0 Å². The number of esters is 2. The van der Waals surface area contributed by atoms with E-state index in [9.17, 15) is 24.0 Å². The number of nitrogens with one attached hydrogen (secondary N) is 2. The zero-order valence-corrected chi connectivity index (χ0v) is 37.4. The molecular weight excluding hydrogens is 808 g/mol. The Labute approximate surface area is 364 Å². The minimum atomic E-state index is -0.950. The molecule has 10 aliphatic rings. The quantitative estimate of drug-likeness (QED) is 0.120. The number of carbonyl (C=O) groups is 5. The Kier molecular flexibility index (Phi) is 13.2. The molecule has 4 bridgehead atoms. The summed E-state index contributed by atoms with van der Waals surface area (Å²) in [6.45, 7) is 13.9. The summed E-state index contributed by atoms with van der Waals surface area (Å²) in [5, 5.41) is 5.57. The standard InChI is InChI=1S/C45H68N2O15/c1-24-11-13-31-26(3)38(55-40-44(31)29(24)19-21-42(6,57-40)59-61-44)53-36(51)17-15-34(49)46-23-9-8-10-33(28(5)48)47-35(50)16-18-37(52)54-39-27(4)32-14-12-25(2)30-20-22-43(7)58-41(56-39)45(30,32)62-60-43/h24-27,29-33,38-41H,8-23H2,1-7H3,(H,46,49)(H,47,50)/t24-,25-,26-,27-,29+,30+,31+,32+,33?,38-,39-,40-,41-,42-,43-,44-,45-/m1/s1. The van der Waals surface area contributed by atoms with Crippen LogP contribution in [0.4, 0.5) is 0 Å². The van der Waals surface area contributed by atoms with Gasteiger partial charge in [-0.1, -0.05) is 27.7 Å². The van der Waals surface area contributed by atoms with Gasteiger partial charge in [0.15, 0.2) is 29.6 Å². The van der Waals surface area contributed by atoms with Crippen LogP contribution in [0.25, 0.3) is 0 Å². The van der Waals surface area contributed by atoms with Gasteiger partial charge in [-0.2, -0.15) is 0 Å². The van der Waals surface area contributed by atoms with Gasteiger partial charge >= 0.3 is 11.9 Å². The Hall–Kier alpha value is -2.77. The third-order valence-electron chi connectivity index (χ3n) is 15.9. The molecule has 2 saturated carbocycles. The molecule has 348 valence electrons. The fraction of sp³-hybridized carbons (Fsp3) is 0.889. The lowest BCUT2D eigenvalue weighted by molar-refractivity contribution is -0.576. The molecule has 62 heavy (non-hydrogen) atoms. The molecule has 2 aliphatic carbocycles. The molecule has 10 fully saturated rings.